The Kier molecular flexibility index (Phi) is 8.13. The van der Waals surface area contributed by atoms with Gasteiger partial charge in [-0.25, -0.2) is 0 Å². The van der Waals surface area contributed by atoms with E-state index in [2.05, 4.69) is 60.1 Å². The summed E-state index contributed by atoms with van der Waals surface area (Å²) in [5.74, 6) is -0.723. The molecule has 0 spiro atoms. The first-order valence-corrected chi connectivity index (χ1v) is 15.6. The normalized spacial score (nSPS) is 14.4. The number of benzene rings is 4. The van der Waals surface area contributed by atoms with Crippen molar-refractivity contribution in [3.63, 3.8) is 0 Å². The van der Waals surface area contributed by atoms with E-state index in [1.807, 2.05) is 24.3 Å². The molecule has 1 atom stereocenters. The number of hydrogen-bond donors (Lipinski definition) is 0. The maximum atomic E-state index is 7.17. The second-order valence-corrected chi connectivity index (χ2v) is 13.4. The SMILES string of the molecule is CC1(C)c2ccccc2N(c2cc(Cl)c(C(c3c(Cl)cncc3Cl)c3c(Cl)cc(Cl)cc3Cl)c(Cl)c2)c2ccccc21. The minimum Gasteiger partial charge on any atom is -0.310 e. The van der Waals surface area contributed by atoms with Gasteiger partial charge in [0, 0.05) is 71.2 Å². The van der Waals surface area contributed by atoms with Crippen molar-refractivity contribution in [1.29, 1.82) is 0 Å². The number of fused-ring (bicyclic) bond motifs is 2. The van der Waals surface area contributed by atoms with Crippen LogP contribution < -0.4 is 4.90 Å². The third-order valence-corrected chi connectivity index (χ3v) is 9.83. The first-order chi connectivity index (χ1) is 20.0. The van der Waals surface area contributed by atoms with Crippen LogP contribution in [0.5, 0.6) is 0 Å². The van der Waals surface area contributed by atoms with Gasteiger partial charge in [-0.3, -0.25) is 4.98 Å². The Balaban J connectivity index is 1.61. The highest BCUT2D eigenvalue weighted by atomic mass is 35.5. The van der Waals surface area contributed by atoms with Crippen LogP contribution in [0.4, 0.5) is 17.1 Å². The first-order valence-electron chi connectivity index (χ1n) is 12.9. The maximum Gasteiger partial charge on any atom is 0.0645 e. The minimum atomic E-state index is -0.723. The molecule has 2 nitrogen and oxygen atoms in total. The smallest absolute Gasteiger partial charge is 0.0645 e. The van der Waals surface area contributed by atoms with Crippen LogP contribution in [0.25, 0.3) is 0 Å². The number of halogens is 7. The van der Waals surface area contributed by atoms with Crippen molar-refractivity contribution in [3.05, 3.63) is 148 Å². The van der Waals surface area contributed by atoms with Gasteiger partial charge >= 0.3 is 0 Å². The molecule has 0 radical (unpaired) electrons. The summed E-state index contributed by atoms with van der Waals surface area (Å²) in [6.45, 7) is 4.47. The van der Waals surface area contributed by atoms with Gasteiger partial charge in [0.1, 0.15) is 0 Å². The zero-order valence-electron chi connectivity index (χ0n) is 22.2. The number of rotatable bonds is 4. The zero-order chi connectivity index (χ0) is 29.9. The van der Waals surface area contributed by atoms with Crippen molar-refractivity contribution >= 4 is 98.3 Å². The van der Waals surface area contributed by atoms with Crippen molar-refractivity contribution in [1.82, 2.24) is 4.98 Å². The minimum absolute atomic E-state index is 0.209. The third kappa shape index (κ3) is 4.96. The van der Waals surface area contributed by atoms with E-state index in [0.717, 1.165) is 17.1 Å². The lowest BCUT2D eigenvalue weighted by Gasteiger charge is -2.42. The molecule has 4 aromatic carbocycles. The third-order valence-electron chi connectivity index (χ3n) is 7.76. The van der Waals surface area contributed by atoms with Gasteiger partial charge in [-0.15, -0.1) is 0 Å². The summed E-state index contributed by atoms with van der Waals surface area (Å²) in [4.78, 5) is 6.31. The van der Waals surface area contributed by atoms with Crippen LogP contribution in [0, 0.1) is 0 Å². The van der Waals surface area contributed by atoms with Gasteiger partial charge in [-0.2, -0.15) is 0 Å². The number of anilines is 3. The number of aromatic nitrogens is 1. The van der Waals surface area contributed by atoms with E-state index in [1.54, 1.807) is 12.1 Å². The van der Waals surface area contributed by atoms with Gasteiger partial charge in [0.25, 0.3) is 0 Å². The van der Waals surface area contributed by atoms with Crippen molar-refractivity contribution in [2.24, 2.45) is 0 Å². The Labute approximate surface area is 279 Å². The monoisotopic (exact) mass is 690 g/mol. The predicted molar refractivity (Wildman–Crippen MR) is 180 cm³/mol. The van der Waals surface area contributed by atoms with E-state index in [-0.39, 0.29) is 5.41 Å². The molecular formula is C33H21Cl7N2. The van der Waals surface area contributed by atoms with Crippen molar-refractivity contribution in [3.8, 4) is 0 Å². The summed E-state index contributed by atoms with van der Waals surface area (Å²) in [6.07, 6.45) is 3.01. The molecule has 1 aliphatic rings. The summed E-state index contributed by atoms with van der Waals surface area (Å²) in [5, 5.41) is 2.41. The predicted octanol–water partition coefficient (Wildman–Crippen LogP) is 12.9. The second kappa shape index (κ2) is 11.4. The lowest BCUT2D eigenvalue weighted by Crippen LogP contribution is -2.30. The molecule has 212 valence electrons. The second-order valence-electron chi connectivity index (χ2n) is 10.6. The van der Waals surface area contributed by atoms with Gasteiger partial charge in [0.05, 0.1) is 21.4 Å². The molecule has 6 rings (SSSR count). The highest BCUT2D eigenvalue weighted by molar-refractivity contribution is 6.41. The highest BCUT2D eigenvalue weighted by Gasteiger charge is 2.37. The van der Waals surface area contributed by atoms with E-state index < -0.39 is 5.92 Å². The molecule has 5 aromatic rings. The Morgan fingerprint density at radius 2 is 0.976 bits per heavy atom. The molecule has 0 aliphatic carbocycles. The van der Waals surface area contributed by atoms with Gasteiger partial charge in [-0.05, 0) is 47.5 Å². The number of nitrogens with zero attached hydrogens (tertiary/aromatic N) is 2. The van der Waals surface area contributed by atoms with Crippen LogP contribution in [0.2, 0.25) is 35.2 Å². The lowest BCUT2D eigenvalue weighted by atomic mass is 9.73. The fraction of sp³-hybridized carbons (Fsp3) is 0.121. The summed E-state index contributed by atoms with van der Waals surface area (Å²) >= 11 is 47.6. The molecule has 0 saturated heterocycles. The fourth-order valence-electron chi connectivity index (χ4n) is 5.88. The Hall–Kier alpha value is -2.14. The molecule has 0 N–H and O–H groups in total. The molecule has 9 heteroatoms. The van der Waals surface area contributed by atoms with Crippen LogP contribution >= 0.6 is 81.2 Å². The molecule has 0 bridgehead atoms. The Morgan fingerprint density at radius 3 is 1.45 bits per heavy atom. The lowest BCUT2D eigenvalue weighted by molar-refractivity contribution is 0.632. The van der Waals surface area contributed by atoms with Crippen molar-refractivity contribution in [2.75, 3.05) is 4.90 Å². The fourth-order valence-corrected chi connectivity index (χ4v) is 8.19. The molecule has 42 heavy (non-hydrogen) atoms. The molecular weight excluding hydrogens is 673 g/mol. The van der Waals surface area contributed by atoms with Gasteiger partial charge in [-0.1, -0.05) is 131 Å². The number of pyridine rings is 1. The van der Waals surface area contributed by atoms with E-state index in [4.69, 9.17) is 81.2 Å². The summed E-state index contributed by atoms with van der Waals surface area (Å²) < 4.78 is 0. The molecule has 1 unspecified atom stereocenters. The van der Waals surface area contributed by atoms with Crippen molar-refractivity contribution in [2.45, 2.75) is 25.2 Å². The molecule has 0 amide bonds. The maximum absolute atomic E-state index is 7.17. The van der Waals surface area contributed by atoms with Crippen molar-refractivity contribution < 1.29 is 0 Å². The standard InChI is InChI=1S/C33H21Cl7N2/c1-33(2)19-7-3-5-9-27(19)42(28-10-6-4-8-20(28)33)18-13-23(37)30(24(38)14-18)32(31-25(39)15-41-16-26(31)40)29-21(35)11-17(34)12-22(29)36/h3-16,32H,1-2H3. The van der Waals surface area contributed by atoms with Crippen LogP contribution in [0.3, 0.4) is 0 Å². The Morgan fingerprint density at radius 1 is 0.571 bits per heavy atom. The van der Waals surface area contributed by atoms with E-state index in [1.165, 1.54) is 23.5 Å². The number of para-hydroxylation sites is 2. The van der Waals surface area contributed by atoms with Gasteiger partial charge in [0.15, 0.2) is 0 Å². The number of hydrogen-bond acceptors (Lipinski definition) is 2. The van der Waals surface area contributed by atoms with Crippen LogP contribution in [-0.4, -0.2) is 4.98 Å². The summed E-state index contributed by atoms with van der Waals surface area (Å²) in [7, 11) is 0. The zero-order valence-corrected chi connectivity index (χ0v) is 27.5. The molecule has 1 aliphatic heterocycles. The molecule has 0 saturated carbocycles. The largest absolute Gasteiger partial charge is 0.310 e. The van der Waals surface area contributed by atoms with Gasteiger partial charge in [0.2, 0.25) is 0 Å². The van der Waals surface area contributed by atoms with E-state index in [9.17, 15) is 0 Å². The van der Waals surface area contributed by atoms with Crippen LogP contribution in [0.15, 0.2) is 85.2 Å². The van der Waals surface area contributed by atoms with Crippen LogP contribution in [-0.2, 0) is 5.41 Å². The van der Waals surface area contributed by atoms with Gasteiger partial charge < -0.3 is 4.90 Å². The average molecular weight is 694 g/mol. The topological polar surface area (TPSA) is 16.1 Å². The van der Waals surface area contributed by atoms with E-state index >= 15 is 0 Å². The van der Waals surface area contributed by atoms with Crippen LogP contribution in [0.1, 0.15) is 47.6 Å². The quantitative estimate of drug-likeness (QED) is 0.186. The first kappa shape index (κ1) is 29.9. The molecule has 1 aromatic heterocycles. The summed E-state index contributed by atoms with van der Waals surface area (Å²) in [6, 6.07) is 23.7. The Bertz CT molecular complexity index is 1750. The van der Waals surface area contributed by atoms with E-state index in [0.29, 0.717) is 51.8 Å². The average Bonchev–Trinajstić information content (AvgIpc) is 2.92. The molecule has 0 fully saturated rings. The molecule has 2 heterocycles. The highest BCUT2D eigenvalue weighted by Crippen LogP contribution is 2.54. The summed E-state index contributed by atoms with van der Waals surface area (Å²) in [5.41, 5.74) is 6.63.